The van der Waals surface area contributed by atoms with Crippen molar-refractivity contribution in [1.82, 2.24) is 15.0 Å². The van der Waals surface area contributed by atoms with E-state index in [0.29, 0.717) is 5.82 Å². The van der Waals surface area contributed by atoms with Gasteiger partial charge in [-0.2, -0.15) is 9.97 Å². The van der Waals surface area contributed by atoms with Crippen LogP contribution in [0, 0.1) is 6.92 Å². The first kappa shape index (κ1) is 10.2. The molecule has 1 aromatic rings. The molecule has 1 aromatic heterocycles. The smallest absolute Gasteiger partial charge is 0.236 e. The average molecular weight is 202 g/mol. The second-order valence-corrected chi connectivity index (χ2v) is 3.34. The molecule has 0 aliphatic rings. The van der Waals surface area contributed by atoms with E-state index in [4.69, 9.17) is 0 Å². The lowest BCUT2D eigenvalue weighted by Crippen LogP contribution is -2.16. The molecule has 0 radical (unpaired) electrons. The summed E-state index contributed by atoms with van der Waals surface area (Å²) in [6, 6.07) is 0. The van der Waals surface area contributed by atoms with Gasteiger partial charge in [0.2, 0.25) is 5.95 Å². The third kappa shape index (κ3) is 2.51. The largest absolute Gasteiger partial charge is 0.301 e. The van der Waals surface area contributed by atoms with E-state index in [1.165, 1.54) is 13.8 Å². The molecule has 0 saturated heterocycles. The van der Waals surface area contributed by atoms with Crippen molar-refractivity contribution in [3.8, 4) is 0 Å². The van der Waals surface area contributed by atoms with Gasteiger partial charge in [0, 0.05) is 0 Å². The Hall–Kier alpha value is -0.910. The van der Waals surface area contributed by atoms with Crippen LogP contribution in [0.4, 0.5) is 10.3 Å². The number of aryl methyl sites for hydroxylation is 1. The molecule has 0 spiro atoms. The molecular weight excluding hydrogens is 191 g/mol. The Balaban J connectivity index is 3.16. The fourth-order valence-electron chi connectivity index (χ4n) is 0.798. The molecule has 0 atom stereocenters. The Kier molecular flexibility index (Phi) is 2.70. The number of alkyl halides is 1. The van der Waals surface area contributed by atoms with Crippen molar-refractivity contribution in [2.75, 3.05) is 4.72 Å². The highest BCUT2D eigenvalue weighted by molar-refractivity contribution is 7.81. The Morgan fingerprint density at radius 2 is 1.92 bits per heavy atom. The molecule has 0 fully saturated rings. The van der Waals surface area contributed by atoms with Crippen LogP contribution in [0.3, 0.4) is 0 Å². The normalized spacial score (nSPS) is 11.5. The number of nitrogens with one attached hydrogen (secondary N) is 1. The number of rotatable bonds is 2. The van der Waals surface area contributed by atoms with E-state index in [9.17, 15) is 4.39 Å². The fraction of sp³-hybridized carbons (Fsp3) is 0.571. The van der Waals surface area contributed by atoms with Gasteiger partial charge in [-0.05, 0) is 20.8 Å². The molecule has 0 bridgehead atoms. The molecule has 1 N–H and O–H groups in total. The lowest BCUT2D eigenvalue weighted by atomic mass is 10.1. The molecule has 13 heavy (non-hydrogen) atoms. The predicted molar refractivity (Wildman–Crippen MR) is 51.3 cm³/mol. The summed E-state index contributed by atoms with van der Waals surface area (Å²) < 4.78 is 15.9. The zero-order valence-corrected chi connectivity index (χ0v) is 8.56. The Morgan fingerprint density at radius 1 is 1.31 bits per heavy atom. The second-order valence-electron chi connectivity index (χ2n) is 3.11. The van der Waals surface area contributed by atoms with Gasteiger partial charge in [0.1, 0.15) is 5.82 Å². The van der Waals surface area contributed by atoms with Gasteiger partial charge in [0.25, 0.3) is 0 Å². The minimum atomic E-state index is -1.56. The zero-order valence-electron chi connectivity index (χ0n) is 7.67. The summed E-state index contributed by atoms with van der Waals surface area (Å²) in [6.07, 6.45) is 0. The zero-order chi connectivity index (χ0) is 10.1. The van der Waals surface area contributed by atoms with Crippen molar-refractivity contribution in [1.29, 1.82) is 0 Å². The van der Waals surface area contributed by atoms with Crippen molar-refractivity contribution < 1.29 is 4.39 Å². The average Bonchev–Trinajstić information content (AvgIpc) is 2.01. The van der Waals surface area contributed by atoms with Crippen LogP contribution in [0.2, 0.25) is 0 Å². The maximum absolute atomic E-state index is 13.4. The van der Waals surface area contributed by atoms with E-state index >= 15 is 0 Å². The van der Waals surface area contributed by atoms with E-state index in [-0.39, 0.29) is 11.8 Å². The summed E-state index contributed by atoms with van der Waals surface area (Å²) in [7, 11) is 0. The van der Waals surface area contributed by atoms with Gasteiger partial charge in [-0.3, -0.25) is 0 Å². The van der Waals surface area contributed by atoms with Crippen molar-refractivity contribution >= 4 is 18.8 Å². The number of anilines is 1. The standard InChI is InChI=1S/C7H11FN4S/c1-4-9-5(7(2,3)8)11-6(10-4)12-13/h13H,1-3H3,(H,9,10,11,12). The first-order valence-corrected chi connectivity index (χ1v) is 4.20. The molecule has 4 nitrogen and oxygen atoms in total. The number of thiol groups is 1. The van der Waals surface area contributed by atoms with Gasteiger partial charge >= 0.3 is 0 Å². The Bertz CT molecular complexity index is 310. The highest BCUT2D eigenvalue weighted by Gasteiger charge is 2.23. The molecule has 0 saturated carbocycles. The maximum atomic E-state index is 13.4. The molecule has 0 aliphatic heterocycles. The van der Waals surface area contributed by atoms with Crippen LogP contribution in [0.1, 0.15) is 25.5 Å². The van der Waals surface area contributed by atoms with Crippen molar-refractivity contribution in [3.05, 3.63) is 11.6 Å². The van der Waals surface area contributed by atoms with Gasteiger partial charge in [-0.25, -0.2) is 9.37 Å². The van der Waals surface area contributed by atoms with Crippen LogP contribution < -0.4 is 4.72 Å². The summed E-state index contributed by atoms with van der Waals surface area (Å²) in [5, 5.41) is 0. The molecule has 0 aliphatic carbocycles. The van der Waals surface area contributed by atoms with E-state index in [0.717, 1.165) is 0 Å². The fourth-order valence-corrected chi connectivity index (χ4v) is 0.898. The van der Waals surface area contributed by atoms with Gasteiger partial charge < -0.3 is 4.72 Å². The van der Waals surface area contributed by atoms with Gasteiger partial charge in [0.05, 0.1) is 0 Å². The van der Waals surface area contributed by atoms with Crippen molar-refractivity contribution in [2.24, 2.45) is 0 Å². The summed E-state index contributed by atoms with van der Waals surface area (Å²) >= 11 is 3.78. The van der Waals surface area contributed by atoms with E-state index in [1.54, 1.807) is 6.92 Å². The minimum Gasteiger partial charge on any atom is -0.301 e. The van der Waals surface area contributed by atoms with Gasteiger partial charge in [0.15, 0.2) is 11.5 Å². The number of hydrogen-bond acceptors (Lipinski definition) is 5. The molecule has 72 valence electrons. The molecule has 6 heteroatoms. The molecule has 0 unspecified atom stereocenters. The summed E-state index contributed by atoms with van der Waals surface area (Å²) in [4.78, 5) is 11.6. The highest BCUT2D eigenvalue weighted by atomic mass is 32.1. The molecule has 1 rings (SSSR count). The third-order valence-corrected chi connectivity index (χ3v) is 1.58. The first-order valence-electron chi connectivity index (χ1n) is 3.75. The SMILES string of the molecule is Cc1nc(NS)nc(C(C)(C)F)n1. The Labute approximate surface area is 81.6 Å². The van der Waals surface area contributed by atoms with Crippen LogP contribution in [-0.4, -0.2) is 15.0 Å². The number of aromatic nitrogens is 3. The van der Waals surface area contributed by atoms with Crippen LogP contribution in [-0.2, 0) is 5.67 Å². The summed E-state index contributed by atoms with van der Waals surface area (Å²) in [6.45, 7) is 4.46. The topological polar surface area (TPSA) is 50.7 Å². The van der Waals surface area contributed by atoms with Crippen LogP contribution >= 0.6 is 12.8 Å². The van der Waals surface area contributed by atoms with Crippen molar-refractivity contribution in [3.63, 3.8) is 0 Å². The van der Waals surface area contributed by atoms with E-state index in [2.05, 4.69) is 32.5 Å². The quantitative estimate of drug-likeness (QED) is 0.716. The van der Waals surface area contributed by atoms with Crippen LogP contribution in [0.5, 0.6) is 0 Å². The summed E-state index contributed by atoms with van der Waals surface area (Å²) in [5.41, 5.74) is -1.56. The van der Waals surface area contributed by atoms with E-state index < -0.39 is 5.67 Å². The molecule has 0 aromatic carbocycles. The lowest BCUT2D eigenvalue weighted by Gasteiger charge is -2.12. The number of hydrogen-bond donors (Lipinski definition) is 2. The predicted octanol–water partition coefficient (Wildman–Crippen LogP) is 1.64. The minimum absolute atomic E-state index is 0.108. The highest BCUT2D eigenvalue weighted by Crippen LogP contribution is 2.21. The van der Waals surface area contributed by atoms with Crippen LogP contribution in [0.25, 0.3) is 0 Å². The lowest BCUT2D eigenvalue weighted by molar-refractivity contribution is 0.206. The van der Waals surface area contributed by atoms with Gasteiger partial charge in [-0.15, -0.1) is 0 Å². The third-order valence-electron chi connectivity index (χ3n) is 1.38. The molecule has 0 amide bonds. The van der Waals surface area contributed by atoms with Gasteiger partial charge in [-0.1, -0.05) is 12.8 Å². The number of halogens is 1. The monoisotopic (exact) mass is 202 g/mol. The maximum Gasteiger partial charge on any atom is 0.236 e. The first-order chi connectivity index (χ1) is 5.93. The molecule has 1 heterocycles. The van der Waals surface area contributed by atoms with E-state index in [1.807, 2.05) is 0 Å². The van der Waals surface area contributed by atoms with Crippen LogP contribution in [0.15, 0.2) is 0 Å². The molecular formula is C7H11FN4S. The Morgan fingerprint density at radius 3 is 2.38 bits per heavy atom. The van der Waals surface area contributed by atoms with Crippen molar-refractivity contribution in [2.45, 2.75) is 26.4 Å². The summed E-state index contributed by atoms with van der Waals surface area (Å²) in [5.74, 6) is 0.834. The number of nitrogens with zero attached hydrogens (tertiary/aromatic N) is 3. The second kappa shape index (κ2) is 3.45.